The van der Waals surface area contributed by atoms with Crippen LogP contribution in [-0.2, 0) is 4.79 Å². The minimum atomic E-state index is -1.05. The molecule has 1 fully saturated rings. The summed E-state index contributed by atoms with van der Waals surface area (Å²) in [5.41, 5.74) is -1.05. The molecule has 1 aliphatic carbocycles. The summed E-state index contributed by atoms with van der Waals surface area (Å²) >= 11 is 0. The Hall–Kier alpha value is -1.26. The summed E-state index contributed by atoms with van der Waals surface area (Å²) in [4.78, 5) is 22.9. The molecule has 17 heavy (non-hydrogen) atoms. The van der Waals surface area contributed by atoms with E-state index in [1.807, 2.05) is 13.8 Å². The van der Waals surface area contributed by atoms with E-state index >= 15 is 0 Å². The number of hydrogen-bond acceptors (Lipinski definition) is 2. The second-order valence-electron chi connectivity index (χ2n) is 4.88. The highest BCUT2D eigenvalue weighted by Gasteiger charge is 2.42. The molecule has 1 aliphatic rings. The Balaban J connectivity index is 2.51. The van der Waals surface area contributed by atoms with Gasteiger partial charge >= 0.3 is 12.0 Å². The van der Waals surface area contributed by atoms with Gasteiger partial charge < -0.3 is 15.7 Å². The molecular formula is C12H22N2O3. The molecular weight excluding hydrogens is 220 g/mol. The van der Waals surface area contributed by atoms with Crippen molar-refractivity contribution < 1.29 is 14.7 Å². The smallest absolute Gasteiger partial charge is 0.329 e. The third-order valence-electron chi connectivity index (χ3n) is 3.32. The molecule has 3 N–H and O–H groups in total. The molecule has 2 amide bonds. The van der Waals surface area contributed by atoms with Crippen LogP contribution in [0.3, 0.4) is 0 Å². The Labute approximate surface area is 102 Å². The Morgan fingerprint density at radius 1 is 1.35 bits per heavy atom. The third kappa shape index (κ3) is 3.61. The zero-order chi connectivity index (χ0) is 12.9. The molecule has 0 saturated heterocycles. The van der Waals surface area contributed by atoms with Crippen molar-refractivity contribution in [2.45, 2.75) is 64.0 Å². The van der Waals surface area contributed by atoms with Gasteiger partial charge in [-0.05, 0) is 26.2 Å². The molecule has 5 nitrogen and oxygen atoms in total. The number of nitrogens with one attached hydrogen (secondary N) is 2. The van der Waals surface area contributed by atoms with Crippen LogP contribution in [0.25, 0.3) is 0 Å². The van der Waals surface area contributed by atoms with Crippen LogP contribution < -0.4 is 10.6 Å². The van der Waals surface area contributed by atoms with Gasteiger partial charge in [0.25, 0.3) is 0 Å². The van der Waals surface area contributed by atoms with Crippen molar-refractivity contribution in [2.75, 3.05) is 0 Å². The molecule has 0 aromatic heterocycles. The maximum Gasteiger partial charge on any atom is 0.329 e. The van der Waals surface area contributed by atoms with Gasteiger partial charge in [0.1, 0.15) is 5.54 Å². The predicted octanol–water partition coefficient (Wildman–Crippen LogP) is 1.87. The van der Waals surface area contributed by atoms with Crippen molar-refractivity contribution >= 4 is 12.0 Å². The lowest BCUT2D eigenvalue weighted by atomic mass is 9.98. The minimum absolute atomic E-state index is 0.0762. The summed E-state index contributed by atoms with van der Waals surface area (Å²) in [6, 6.07) is -0.289. The first-order chi connectivity index (χ1) is 8.00. The summed E-state index contributed by atoms with van der Waals surface area (Å²) in [7, 11) is 0. The van der Waals surface area contributed by atoms with Crippen LogP contribution in [0.5, 0.6) is 0 Å². The van der Waals surface area contributed by atoms with E-state index in [0.29, 0.717) is 12.8 Å². The lowest BCUT2D eigenvalue weighted by Gasteiger charge is -2.26. The number of hydrogen-bond donors (Lipinski definition) is 3. The molecule has 0 radical (unpaired) electrons. The maximum absolute atomic E-state index is 11.7. The lowest BCUT2D eigenvalue weighted by Crippen LogP contribution is -2.56. The van der Waals surface area contributed by atoms with Crippen molar-refractivity contribution in [1.29, 1.82) is 0 Å². The van der Waals surface area contributed by atoms with Gasteiger partial charge in [0.2, 0.25) is 0 Å². The average Bonchev–Trinajstić information content (AvgIpc) is 2.67. The van der Waals surface area contributed by atoms with Crippen molar-refractivity contribution in [3.8, 4) is 0 Å². The van der Waals surface area contributed by atoms with Crippen LogP contribution in [0.2, 0.25) is 0 Å². The summed E-state index contributed by atoms with van der Waals surface area (Å²) in [5, 5.41) is 14.6. The van der Waals surface area contributed by atoms with Crippen molar-refractivity contribution in [3.05, 3.63) is 0 Å². The predicted molar refractivity (Wildman–Crippen MR) is 64.9 cm³/mol. The molecule has 0 aromatic rings. The Morgan fingerprint density at radius 2 is 1.94 bits per heavy atom. The number of carbonyl (C=O) groups is 2. The van der Waals surface area contributed by atoms with Crippen LogP contribution in [0, 0.1) is 0 Å². The van der Waals surface area contributed by atoms with Gasteiger partial charge in [0, 0.05) is 6.04 Å². The molecule has 1 atom stereocenters. The molecule has 5 heteroatoms. The van der Waals surface area contributed by atoms with E-state index in [-0.39, 0.29) is 12.1 Å². The fraction of sp³-hybridized carbons (Fsp3) is 0.833. The highest BCUT2D eigenvalue weighted by Crippen LogP contribution is 2.29. The number of carboxylic acids is 1. The average molecular weight is 242 g/mol. The van der Waals surface area contributed by atoms with Gasteiger partial charge in [-0.2, -0.15) is 0 Å². The first-order valence-corrected chi connectivity index (χ1v) is 6.32. The lowest BCUT2D eigenvalue weighted by molar-refractivity contribution is -0.144. The number of aliphatic carboxylic acids is 1. The summed E-state index contributed by atoms with van der Waals surface area (Å²) in [6.07, 6.45) is 4.66. The summed E-state index contributed by atoms with van der Waals surface area (Å²) in [6.45, 7) is 3.97. The summed E-state index contributed by atoms with van der Waals surface area (Å²) in [5.74, 6) is -0.923. The molecule has 0 aromatic carbocycles. The highest BCUT2D eigenvalue weighted by molar-refractivity contribution is 5.86. The van der Waals surface area contributed by atoms with Crippen LogP contribution in [0.1, 0.15) is 52.4 Å². The Morgan fingerprint density at radius 3 is 2.41 bits per heavy atom. The number of amides is 2. The van der Waals surface area contributed by atoms with Gasteiger partial charge in [0.15, 0.2) is 0 Å². The standard InChI is InChI=1S/C12H22N2O3/c1-3-6-9(2)13-11(17)14-12(10(15)16)7-4-5-8-12/h9H,3-8H2,1-2H3,(H,15,16)(H2,13,14,17). The fourth-order valence-corrected chi connectivity index (χ4v) is 2.35. The number of carboxylic acid groups (broad SMARTS) is 1. The normalized spacial score (nSPS) is 19.6. The molecule has 0 aliphatic heterocycles. The number of carbonyl (C=O) groups excluding carboxylic acids is 1. The SMILES string of the molecule is CCCC(C)NC(=O)NC1(C(=O)O)CCCC1. The zero-order valence-electron chi connectivity index (χ0n) is 10.6. The Bertz CT molecular complexity index is 285. The first-order valence-electron chi connectivity index (χ1n) is 6.32. The van der Waals surface area contributed by atoms with Gasteiger partial charge in [-0.1, -0.05) is 26.2 Å². The highest BCUT2D eigenvalue weighted by atomic mass is 16.4. The van der Waals surface area contributed by atoms with E-state index in [0.717, 1.165) is 25.7 Å². The molecule has 1 rings (SSSR count). The van der Waals surface area contributed by atoms with Crippen LogP contribution in [-0.4, -0.2) is 28.7 Å². The van der Waals surface area contributed by atoms with Crippen molar-refractivity contribution in [3.63, 3.8) is 0 Å². The third-order valence-corrected chi connectivity index (χ3v) is 3.32. The van der Waals surface area contributed by atoms with E-state index in [1.165, 1.54) is 0 Å². The molecule has 1 unspecified atom stereocenters. The Kier molecular flexibility index (Phi) is 4.78. The number of rotatable bonds is 5. The molecule has 1 saturated carbocycles. The van der Waals surface area contributed by atoms with Crippen LogP contribution in [0.4, 0.5) is 4.79 Å². The molecule has 0 spiro atoms. The second kappa shape index (κ2) is 5.89. The van der Waals surface area contributed by atoms with Crippen LogP contribution in [0.15, 0.2) is 0 Å². The fourth-order valence-electron chi connectivity index (χ4n) is 2.35. The van der Waals surface area contributed by atoms with Gasteiger partial charge in [0.05, 0.1) is 0 Å². The zero-order valence-corrected chi connectivity index (χ0v) is 10.6. The monoisotopic (exact) mass is 242 g/mol. The quantitative estimate of drug-likeness (QED) is 0.688. The van der Waals surface area contributed by atoms with E-state index < -0.39 is 11.5 Å². The second-order valence-corrected chi connectivity index (χ2v) is 4.88. The van der Waals surface area contributed by atoms with E-state index in [2.05, 4.69) is 10.6 Å². The molecule has 0 heterocycles. The van der Waals surface area contributed by atoms with Gasteiger partial charge in [-0.15, -0.1) is 0 Å². The van der Waals surface area contributed by atoms with E-state index in [4.69, 9.17) is 0 Å². The van der Waals surface area contributed by atoms with Crippen molar-refractivity contribution in [2.24, 2.45) is 0 Å². The first kappa shape index (κ1) is 13.8. The van der Waals surface area contributed by atoms with Gasteiger partial charge in [-0.25, -0.2) is 9.59 Å². The van der Waals surface area contributed by atoms with E-state index in [1.54, 1.807) is 0 Å². The molecule has 0 bridgehead atoms. The van der Waals surface area contributed by atoms with Crippen molar-refractivity contribution in [1.82, 2.24) is 10.6 Å². The maximum atomic E-state index is 11.7. The minimum Gasteiger partial charge on any atom is -0.480 e. The largest absolute Gasteiger partial charge is 0.480 e. The van der Waals surface area contributed by atoms with Gasteiger partial charge in [-0.3, -0.25) is 0 Å². The number of urea groups is 1. The van der Waals surface area contributed by atoms with Crippen LogP contribution >= 0.6 is 0 Å². The summed E-state index contributed by atoms with van der Waals surface area (Å²) < 4.78 is 0. The van der Waals surface area contributed by atoms with E-state index in [9.17, 15) is 14.7 Å². The molecule has 98 valence electrons. The topological polar surface area (TPSA) is 78.4 Å².